The van der Waals surface area contributed by atoms with E-state index in [2.05, 4.69) is 5.32 Å². The molecule has 0 saturated heterocycles. The van der Waals surface area contributed by atoms with E-state index in [1.807, 2.05) is 6.92 Å². The van der Waals surface area contributed by atoms with Gasteiger partial charge in [0, 0.05) is 26.0 Å². The van der Waals surface area contributed by atoms with Crippen molar-refractivity contribution < 1.29 is 14.3 Å². The topological polar surface area (TPSA) is 55.4 Å². The van der Waals surface area contributed by atoms with Crippen molar-refractivity contribution in [1.29, 1.82) is 0 Å². The maximum atomic E-state index is 11.1. The Balaban J connectivity index is 3.22. The smallest absolute Gasteiger partial charge is 0.220 e. The molecule has 0 rings (SSSR count). The number of amides is 1. The van der Waals surface area contributed by atoms with E-state index in [0.717, 1.165) is 13.0 Å². The van der Waals surface area contributed by atoms with Crippen LogP contribution in [-0.4, -0.2) is 31.4 Å². The molecule has 14 heavy (non-hydrogen) atoms. The number of hydrogen-bond donors (Lipinski definition) is 1. The number of hydrogen-bond acceptors (Lipinski definition) is 3. The minimum absolute atomic E-state index is 0.0439. The molecular formula is C10H19NO3. The van der Waals surface area contributed by atoms with Crippen LogP contribution >= 0.6 is 0 Å². The molecule has 0 aliphatic heterocycles. The van der Waals surface area contributed by atoms with Crippen molar-refractivity contribution in [2.24, 2.45) is 0 Å². The lowest BCUT2D eigenvalue weighted by atomic mass is 10.2. The van der Waals surface area contributed by atoms with Crippen LogP contribution in [0.15, 0.2) is 0 Å². The van der Waals surface area contributed by atoms with Gasteiger partial charge in [-0.05, 0) is 13.3 Å². The fourth-order valence-corrected chi connectivity index (χ4v) is 0.887. The van der Waals surface area contributed by atoms with Gasteiger partial charge in [-0.15, -0.1) is 0 Å². The van der Waals surface area contributed by atoms with Crippen LogP contribution in [-0.2, 0) is 14.3 Å². The van der Waals surface area contributed by atoms with Gasteiger partial charge in [0.05, 0.1) is 6.61 Å². The Morgan fingerprint density at radius 2 is 1.93 bits per heavy atom. The molecule has 0 aromatic carbocycles. The summed E-state index contributed by atoms with van der Waals surface area (Å²) >= 11 is 0. The first-order valence-electron chi connectivity index (χ1n) is 5.00. The number of carbonyl (C=O) groups is 2. The Kier molecular flexibility index (Phi) is 8.13. The SMILES string of the molecule is CCCOCCNC(=O)CCC(C)=O. The molecule has 4 heteroatoms. The molecule has 4 nitrogen and oxygen atoms in total. The second-order valence-corrected chi connectivity index (χ2v) is 3.16. The summed E-state index contributed by atoms with van der Waals surface area (Å²) in [5.74, 6) is -0.0392. The lowest BCUT2D eigenvalue weighted by Crippen LogP contribution is -2.27. The fraction of sp³-hybridized carbons (Fsp3) is 0.800. The average Bonchev–Trinajstić information content (AvgIpc) is 2.14. The van der Waals surface area contributed by atoms with Crippen molar-refractivity contribution in [2.45, 2.75) is 33.1 Å². The van der Waals surface area contributed by atoms with E-state index < -0.39 is 0 Å². The zero-order valence-corrected chi connectivity index (χ0v) is 8.97. The first-order chi connectivity index (χ1) is 6.66. The van der Waals surface area contributed by atoms with Crippen molar-refractivity contribution in [3.63, 3.8) is 0 Å². The minimum Gasteiger partial charge on any atom is -0.380 e. The number of carbonyl (C=O) groups excluding carboxylic acids is 2. The Hall–Kier alpha value is -0.900. The molecule has 0 spiro atoms. The highest BCUT2D eigenvalue weighted by Gasteiger charge is 2.01. The van der Waals surface area contributed by atoms with Gasteiger partial charge in [-0.25, -0.2) is 0 Å². The summed E-state index contributed by atoms with van der Waals surface area (Å²) in [4.78, 5) is 21.6. The Morgan fingerprint density at radius 3 is 2.50 bits per heavy atom. The monoisotopic (exact) mass is 201 g/mol. The highest BCUT2D eigenvalue weighted by atomic mass is 16.5. The Morgan fingerprint density at radius 1 is 1.21 bits per heavy atom. The van der Waals surface area contributed by atoms with Gasteiger partial charge < -0.3 is 14.8 Å². The third kappa shape index (κ3) is 9.19. The molecule has 0 aliphatic carbocycles. The van der Waals surface area contributed by atoms with Crippen LogP contribution in [0.25, 0.3) is 0 Å². The molecule has 0 saturated carbocycles. The first kappa shape index (κ1) is 13.1. The number of ether oxygens (including phenoxy) is 1. The quantitative estimate of drug-likeness (QED) is 0.593. The standard InChI is InChI=1S/C10H19NO3/c1-3-7-14-8-6-11-10(13)5-4-9(2)12/h3-8H2,1-2H3,(H,11,13). The third-order valence-electron chi connectivity index (χ3n) is 1.62. The third-order valence-corrected chi connectivity index (χ3v) is 1.62. The summed E-state index contributed by atoms with van der Waals surface area (Å²) in [5.41, 5.74) is 0. The van der Waals surface area contributed by atoms with Crippen LogP contribution in [0.4, 0.5) is 0 Å². The van der Waals surface area contributed by atoms with Crippen molar-refractivity contribution in [3.05, 3.63) is 0 Å². The predicted molar refractivity (Wildman–Crippen MR) is 54.0 cm³/mol. The Labute approximate surface area is 85.0 Å². The summed E-state index contributed by atoms with van der Waals surface area (Å²) < 4.78 is 5.18. The van der Waals surface area contributed by atoms with E-state index in [1.54, 1.807) is 0 Å². The van der Waals surface area contributed by atoms with Gasteiger partial charge in [-0.2, -0.15) is 0 Å². The zero-order valence-electron chi connectivity index (χ0n) is 8.97. The van der Waals surface area contributed by atoms with Gasteiger partial charge in [0.2, 0.25) is 5.91 Å². The fourth-order valence-electron chi connectivity index (χ4n) is 0.887. The van der Waals surface area contributed by atoms with E-state index in [0.29, 0.717) is 19.6 Å². The van der Waals surface area contributed by atoms with Gasteiger partial charge >= 0.3 is 0 Å². The summed E-state index contributed by atoms with van der Waals surface area (Å²) in [6.45, 7) is 5.31. The van der Waals surface area contributed by atoms with Crippen LogP contribution < -0.4 is 5.32 Å². The molecule has 82 valence electrons. The van der Waals surface area contributed by atoms with Crippen molar-refractivity contribution in [2.75, 3.05) is 19.8 Å². The summed E-state index contributed by atoms with van der Waals surface area (Å²) in [7, 11) is 0. The number of ketones is 1. The molecule has 0 atom stereocenters. The molecular weight excluding hydrogens is 182 g/mol. The van der Waals surface area contributed by atoms with Gasteiger partial charge in [0.1, 0.15) is 5.78 Å². The molecule has 0 bridgehead atoms. The summed E-state index contributed by atoms with van der Waals surface area (Å²) in [6, 6.07) is 0. The molecule has 0 aromatic heterocycles. The van der Waals surface area contributed by atoms with Crippen LogP contribution in [0, 0.1) is 0 Å². The molecule has 0 aliphatic rings. The largest absolute Gasteiger partial charge is 0.380 e. The van der Waals surface area contributed by atoms with Gasteiger partial charge in [-0.3, -0.25) is 4.79 Å². The average molecular weight is 201 g/mol. The number of nitrogens with one attached hydrogen (secondary N) is 1. The van der Waals surface area contributed by atoms with Gasteiger partial charge in [-0.1, -0.05) is 6.92 Å². The van der Waals surface area contributed by atoms with Crippen molar-refractivity contribution >= 4 is 11.7 Å². The van der Waals surface area contributed by atoms with Gasteiger partial charge in [0.15, 0.2) is 0 Å². The number of rotatable bonds is 8. The van der Waals surface area contributed by atoms with Crippen LogP contribution in [0.1, 0.15) is 33.1 Å². The Bertz CT molecular complexity index is 180. The van der Waals surface area contributed by atoms with E-state index in [-0.39, 0.29) is 18.1 Å². The van der Waals surface area contributed by atoms with E-state index in [4.69, 9.17) is 4.74 Å². The molecule has 1 amide bonds. The normalized spacial score (nSPS) is 9.86. The second-order valence-electron chi connectivity index (χ2n) is 3.16. The van der Waals surface area contributed by atoms with E-state index in [1.165, 1.54) is 6.92 Å². The first-order valence-corrected chi connectivity index (χ1v) is 5.00. The van der Waals surface area contributed by atoms with Crippen molar-refractivity contribution in [1.82, 2.24) is 5.32 Å². The molecule has 0 unspecified atom stereocenters. The van der Waals surface area contributed by atoms with Crippen LogP contribution in [0.5, 0.6) is 0 Å². The summed E-state index contributed by atoms with van der Waals surface area (Å²) in [6.07, 6.45) is 1.59. The van der Waals surface area contributed by atoms with Gasteiger partial charge in [0.25, 0.3) is 0 Å². The second kappa shape index (κ2) is 8.69. The van der Waals surface area contributed by atoms with E-state index >= 15 is 0 Å². The predicted octanol–water partition coefficient (Wildman–Crippen LogP) is 0.898. The molecule has 0 heterocycles. The molecule has 0 fully saturated rings. The zero-order chi connectivity index (χ0) is 10.8. The summed E-state index contributed by atoms with van der Waals surface area (Å²) in [5, 5.41) is 2.68. The maximum Gasteiger partial charge on any atom is 0.220 e. The minimum atomic E-state index is -0.0831. The number of Topliss-reactive ketones (excluding diaryl/α,β-unsaturated/α-hetero) is 1. The van der Waals surface area contributed by atoms with E-state index in [9.17, 15) is 9.59 Å². The van der Waals surface area contributed by atoms with Crippen LogP contribution in [0.3, 0.4) is 0 Å². The highest BCUT2D eigenvalue weighted by molar-refractivity contribution is 5.83. The molecule has 0 aromatic rings. The lowest BCUT2D eigenvalue weighted by Gasteiger charge is -2.04. The highest BCUT2D eigenvalue weighted by Crippen LogP contribution is 1.89. The maximum absolute atomic E-state index is 11.1. The van der Waals surface area contributed by atoms with Crippen LogP contribution in [0.2, 0.25) is 0 Å². The lowest BCUT2D eigenvalue weighted by molar-refractivity contribution is -0.124. The molecule has 1 N–H and O–H groups in total. The van der Waals surface area contributed by atoms with Crippen molar-refractivity contribution in [3.8, 4) is 0 Å². The molecule has 0 radical (unpaired) electrons.